The van der Waals surface area contributed by atoms with Gasteiger partial charge in [0.25, 0.3) is 5.60 Å². The zero-order valence-electron chi connectivity index (χ0n) is 14.8. The Balaban J connectivity index is 3.16. The molecule has 0 radical (unpaired) electrons. The Kier molecular flexibility index (Phi) is 7.80. The van der Waals surface area contributed by atoms with Crippen LogP contribution in [0.5, 0.6) is 5.75 Å². The predicted octanol–water partition coefficient (Wildman–Crippen LogP) is 5.91. The van der Waals surface area contributed by atoms with Crippen LogP contribution in [0.1, 0.15) is 57.1 Å². The van der Waals surface area contributed by atoms with E-state index in [0.29, 0.717) is 19.1 Å². The van der Waals surface area contributed by atoms with Gasteiger partial charge in [0.1, 0.15) is 5.75 Å². The summed E-state index contributed by atoms with van der Waals surface area (Å²) < 4.78 is 83.7. The van der Waals surface area contributed by atoms with E-state index in [1.54, 1.807) is 6.92 Å². The fraction of sp³-hybridized carbons (Fsp3) is 0.667. The highest BCUT2D eigenvalue weighted by atomic mass is 19.4. The first kappa shape index (κ1) is 22.6. The van der Waals surface area contributed by atoms with E-state index >= 15 is 0 Å². The fourth-order valence-corrected chi connectivity index (χ4v) is 2.61. The zero-order chi connectivity index (χ0) is 20.0. The molecule has 1 rings (SSSR count). The molecule has 0 bridgehead atoms. The number of ether oxygens (including phenoxy) is 1. The van der Waals surface area contributed by atoms with E-state index in [1.165, 1.54) is 0 Å². The summed E-state index contributed by atoms with van der Waals surface area (Å²) in [5, 5.41) is 9.52. The van der Waals surface area contributed by atoms with Gasteiger partial charge in [-0.05, 0) is 30.5 Å². The lowest BCUT2D eigenvalue weighted by molar-refractivity contribution is -0.376. The summed E-state index contributed by atoms with van der Waals surface area (Å²) >= 11 is 0. The van der Waals surface area contributed by atoms with Gasteiger partial charge < -0.3 is 9.84 Å². The minimum Gasteiger partial charge on any atom is -0.493 e. The van der Waals surface area contributed by atoms with Crippen molar-refractivity contribution in [3.8, 4) is 5.75 Å². The molecule has 0 atom stereocenters. The Morgan fingerprint density at radius 2 is 1.50 bits per heavy atom. The highest BCUT2D eigenvalue weighted by Crippen LogP contribution is 2.50. The van der Waals surface area contributed by atoms with Crippen molar-refractivity contribution in [3.05, 3.63) is 29.3 Å². The highest BCUT2D eigenvalue weighted by Gasteiger charge is 2.71. The van der Waals surface area contributed by atoms with Crippen LogP contribution in [0.4, 0.5) is 26.3 Å². The van der Waals surface area contributed by atoms with Crippen molar-refractivity contribution in [1.29, 1.82) is 0 Å². The summed E-state index contributed by atoms with van der Waals surface area (Å²) in [5.74, 6) is 0.249. The lowest BCUT2D eigenvalue weighted by atomic mass is 9.90. The standard InChI is InChI=1S/C18H24F6O2/c1-3-5-6-7-11-26-15-10-9-14(12-13(15)8-4-2)16(25,17(19,20)21)18(22,23)24/h9-10,12,25H,3-8,11H2,1-2H3. The molecule has 0 aliphatic heterocycles. The van der Waals surface area contributed by atoms with Gasteiger partial charge in [-0.1, -0.05) is 45.6 Å². The minimum absolute atomic E-state index is 0.215. The van der Waals surface area contributed by atoms with Crippen LogP contribution in [-0.2, 0) is 12.0 Å². The van der Waals surface area contributed by atoms with E-state index in [1.807, 2.05) is 6.92 Å². The topological polar surface area (TPSA) is 29.5 Å². The summed E-state index contributed by atoms with van der Waals surface area (Å²) in [6.45, 7) is 4.12. The summed E-state index contributed by atoms with van der Waals surface area (Å²) in [5.41, 5.74) is -5.95. The van der Waals surface area contributed by atoms with Crippen LogP contribution < -0.4 is 4.74 Å². The number of hydrogen-bond donors (Lipinski definition) is 1. The van der Waals surface area contributed by atoms with Gasteiger partial charge in [0, 0.05) is 5.56 Å². The van der Waals surface area contributed by atoms with Crippen LogP contribution in [-0.4, -0.2) is 24.1 Å². The van der Waals surface area contributed by atoms with E-state index in [-0.39, 0.29) is 17.7 Å². The zero-order valence-corrected chi connectivity index (χ0v) is 14.8. The normalized spacial score (nSPS) is 13.1. The quantitative estimate of drug-likeness (QED) is 0.422. The lowest BCUT2D eigenvalue weighted by Crippen LogP contribution is -2.53. The maximum atomic E-state index is 13.0. The molecule has 0 aliphatic carbocycles. The minimum atomic E-state index is -5.89. The molecule has 150 valence electrons. The van der Waals surface area contributed by atoms with Crippen LogP contribution in [0.15, 0.2) is 18.2 Å². The molecule has 0 unspecified atom stereocenters. The number of aryl methyl sites for hydroxylation is 1. The van der Waals surface area contributed by atoms with Gasteiger partial charge in [0.15, 0.2) is 0 Å². The van der Waals surface area contributed by atoms with Crippen molar-refractivity contribution in [2.45, 2.75) is 70.3 Å². The van der Waals surface area contributed by atoms with E-state index < -0.39 is 23.5 Å². The average Bonchev–Trinajstić information content (AvgIpc) is 2.53. The summed E-state index contributed by atoms with van der Waals surface area (Å²) in [4.78, 5) is 0. The average molecular weight is 386 g/mol. The number of aliphatic hydroxyl groups is 1. The Morgan fingerprint density at radius 1 is 0.885 bits per heavy atom. The monoisotopic (exact) mass is 386 g/mol. The van der Waals surface area contributed by atoms with Crippen LogP contribution in [0.25, 0.3) is 0 Å². The molecule has 0 aromatic heterocycles. The van der Waals surface area contributed by atoms with Crippen LogP contribution in [0.3, 0.4) is 0 Å². The molecule has 8 heteroatoms. The Bertz CT molecular complexity index is 552. The molecule has 1 aromatic rings. The summed E-state index contributed by atoms with van der Waals surface area (Å²) in [6.07, 6.45) is -7.31. The van der Waals surface area contributed by atoms with Gasteiger partial charge in [-0.25, -0.2) is 0 Å². The van der Waals surface area contributed by atoms with E-state index in [2.05, 4.69) is 0 Å². The van der Waals surface area contributed by atoms with E-state index in [0.717, 1.165) is 37.8 Å². The van der Waals surface area contributed by atoms with Crippen LogP contribution in [0.2, 0.25) is 0 Å². The second kappa shape index (κ2) is 8.97. The molecular weight excluding hydrogens is 362 g/mol. The van der Waals surface area contributed by atoms with Crippen LogP contribution >= 0.6 is 0 Å². The third-order valence-corrected chi connectivity index (χ3v) is 4.07. The van der Waals surface area contributed by atoms with Gasteiger partial charge in [-0.2, -0.15) is 26.3 Å². The predicted molar refractivity (Wildman–Crippen MR) is 86.1 cm³/mol. The first-order valence-corrected chi connectivity index (χ1v) is 8.61. The second-order valence-electron chi connectivity index (χ2n) is 6.19. The first-order chi connectivity index (χ1) is 12.0. The molecule has 0 saturated carbocycles. The maximum Gasteiger partial charge on any atom is 0.430 e. The molecule has 0 saturated heterocycles. The second-order valence-corrected chi connectivity index (χ2v) is 6.19. The number of alkyl halides is 6. The molecule has 0 amide bonds. The van der Waals surface area contributed by atoms with Gasteiger partial charge in [0.05, 0.1) is 6.61 Å². The van der Waals surface area contributed by atoms with Gasteiger partial charge in [0.2, 0.25) is 0 Å². The Hall–Kier alpha value is -1.44. The van der Waals surface area contributed by atoms with Crippen molar-refractivity contribution in [2.75, 3.05) is 6.61 Å². The molecule has 0 spiro atoms. The van der Waals surface area contributed by atoms with Gasteiger partial charge in [-0.3, -0.25) is 0 Å². The van der Waals surface area contributed by atoms with Crippen molar-refractivity contribution in [3.63, 3.8) is 0 Å². The maximum absolute atomic E-state index is 13.0. The third kappa shape index (κ3) is 5.05. The summed E-state index contributed by atoms with van der Waals surface area (Å²) in [7, 11) is 0. The van der Waals surface area contributed by atoms with Crippen molar-refractivity contribution < 1.29 is 36.2 Å². The Labute approximate surface area is 149 Å². The van der Waals surface area contributed by atoms with Gasteiger partial charge in [-0.15, -0.1) is 0 Å². The molecule has 26 heavy (non-hydrogen) atoms. The molecular formula is C18H24F6O2. The Morgan fingerprint density at radius 3 is 2.00 bits per heavy atom. The third-order valence-electron chi connectivity index (χ3n) is 4.07. The molecule has 0 heterocycles. The first-order valence-electron chi connectivity index (χ1n) is 8.61. The number of hydrogen-bond acceptors (Lipinski definition) is 2. The smallest absolute Gasteiger partial charge is 0.430 e. The van der Waals surface area contributed by atoms with E-state index in [9.17, 15) is 31.4 Å². The van der Waals surface area contributed by atoms with Crippen LogP contribution in [0, 0.1) is 0 Å². The molecule has 0 fully saturated rings. The number of halogens is 6. The number of benzene rings is 1. The molecule has 2 nitrogen and oxygen atoms in total. The fourth-order valence-electron chi connectivity index (χ4n) is 2.61. The largest absolute Gasteiger partial charge is 0.493 e. The molecule has 1 aromatic carbocycles. The SMILES string of the molecule is CCCCCCOc1ccc(C(O)(C(F)(F)F)C(F)(F)F)cc1CCC. The lowest BCUT2D eigenvalue weighted by Gasteiger charge is -2.33. The summed E-state index contributed by atoms with van der Waals surface area (Å²) in [6, 6.07) is 2.44. The van der Waals surface area contributed by atoms with Crippen molar-refractivity contribution >= 4 is 0 Å². The molecule has 1 N–H and O–H groups in total. The van der Waals surface area contributed by atoms with Gasteiger partial charge >= 0.3 is 12.4 Å². The highest BCUT2D eigenvalue weighted by molar-refractivity contribution is 5.41. The van der Waals surface area contributed by atoms with Crippen molar-refractivity contribution in [1.82, 2.24) is 0 Å². The van der Waals surface area contributed by atoms with Crippen molar-refractivity contribution in [2.24, 2.45) is 0 Å². The number of unbranched alkanes of at least 4 members (excludes halogenated alkanes) is 3. The van der Waals surface area contributed by atoms with E-state index in [4.69, 9.17) is 4.74 Å². The number of rotatable bonds is 9. The molecule has 0 aliphatic rings.